The second-order valence-corrected chi connectivity index (χ2v) is 12.1. The number of carbonyl (C=O) groups is 2. The van der Waals surface area contributed by atoms with Gasteiger partial charge in [0.1, 0.15) is 18.3 Å². The molecule has 0 aliphatic carbocycles. The van der Waals surface area contributed by atoms with E-state index in [0.717, 1.165) is 9.87 Å². The van der Waals surface area contributed by atoms with Gasteiger partial charge in [0.2, 0.25) is 11.8 Å². The average Bonchev–Trinajstić information content (AvgIpc) is 2.93. The molecule has 0 aliphatic heterocycles. The molecular formula is C29H33Cl2N3O5S. The van der Waals surface area contributed by atoms with Crippen LogP contribution in [0.3, 0.4) is 0 Å². The summed E-state index contributed by atoms with van der Waals surface area (Å²) in [5.74, 6) is -0.246. The second-order valence-electron chi connectivity index (χ2n) is 9.38. The summed E-state index contributed by atoms with van der Waals surface area (Å²) in [6.07, 6.45) is 0.318. The van der Waals surface area contributed by atoms with E-state index in [1.807, 2.05) is 13.8 Å². The number of methoxy groups -OCH3 is 1. The number of halogens is 2. The highest BCUT2D eigenvalue weighted by atomic mass is 35.5. The Kier molecular flexibility index (Phi) is 10.8. The lowest BCUT2D eigenvalue weighted by atomic mass is 10.1. The van der Waals surface area contributed by atoms with Gasteiger partial charge in [0, 0.05) is 12.6 Å². The third-order valence-electron chi connectivity index (χ3n) is 6.13. The molecule has 0 saturated carbocycles. The molecule has 0 heterocycles. The summed E-state index contributed by atoms with van der Waals surface area (Å²) >= 11 is 12.3. The minimum absolute atomic E-state index is 0.000157. The first kappa shape index (κ1) is 31.3. The maximum absolute atomic E-state index is 14.0. The van der Waals surface area contributed by atoms with E-state index in [9.17, 15) is 18.0 Å². The zero-order chi connectivity index (χ0) is 29.4. The molecule has 11 heteroatoms. The fourth-order valence-electron chi connectivity index (χ4n) is 4.12. The third-order valence-corrected chi connectivity index (χ3v) is 8.66. The molecule has 0 spiro atoms. The van der Waals surface area contributed by atoms with Crippen molar-refractivity contribution in [2.24, 2.45) is 0 Å². The molecule has 3 rings (SSSR count). The number of nitrogens with one attached hydrogen (secondary N) is 1. The molecule has 0 saturated heterocycles. The zero-order valence-electron chi connectivity index (χ0n) is 22.8. The second kappa shape index (κ2) is 13.9. The molecule has 1 atom stereocenters. The van der Waals surface area contributed by atoms with Gasteiger partial charge < -0.3 is 15.0 Å². The maximum Gasteiger partial charge on any atom is 0.264 e. The lowest BCUT2D eigenvalue weighted by Crippen LogP contribution is -2.53. The number of hydrogen-bond donors (Lipinski definition) is 1. The summed E-state index contributed by atoms with van der Waals surface area (Å²) in [6.45, 7) is 4.97. The van der Waals surface area contributed by atoms with Crippen LogP contribution < -0.4 is 14.4 Å². The van der Waals surface area contributed by atoms with Crippen LogP contribution >= 0.6 is 23.2 Å². The first-order chi connectivity index (χ1) is 19.0. The minimum Gasteiger partial charge on any atom is -0.497 e. The van der Waals surface area contributed by atoms with Crippen LogP contribution in [0.1, 0.15) is 32.8 Å². The van der Waals surface area contributed by atoms with Crippen molar-refractivity contribution in [3.05, 3.63) is 88.4 Å². The molecule has 8 nitrogen and oxygen atoms in total. The van der Waals surface area contributed by atoms with Crippen molar-refractivity contribution in [1.82, 2.24) is 10.2 Å². The lowest BCUT2D eigenvalue weighted by Gasteiger charge is -2.33. The monoisotopic (exact) mass is 605 g/mol. The van der Waals surface area contributed by atoms with Crippen molar-refractivity contribution >= 4 is 50.7 Å². The van der Waals surface area contributed by atoms with Gasteiger partial charge in [-0.1, -0.05) is 60.5 Å². The van der Waals surface area contributed by atoms with Gasteiger partial charge in [0.05, 0.1) is 27.7 Å². The fraction of sp³-hybridized carbons (Fsp3) is 0.310. The van der Waals surface area contributed by atoms with E-state index in [4.69, 9.17) is 27.9 Å². The number of rotatable bonds is 12. The van der Waals surface area contributed by atoms with Crippen molar-refractivity contribution in [1.29, 1.82) is 0 Å². The van der Waals surface area contributed by atoms with E-state index in [2.05, 4.69) is 5.32 Å². The van der Waals surface area contributed by atoms with Gasteiger partial charge in [0.25, 0.3) is 10.0 Å². The molecule has 0 bridgehead atoms. The predicted octanol–water partition coefficient (Wildman–Crippen LogP) is 5.53. The lowest BCUT2D eigenvalue weighted by molar-refractivity contribution is -0.140. The molecular weight excluding hydrogens is 573 g/mol. The van der Waals surface area contributed by atoms with E-state index in [1.165, 1.54) is 35.2 Å². The molecule has 1 N–H and O–H groups in total. The number of hydrogen-bond acceptors (Lipinski definition) is 5. The van der Waals surface area contributed by atoms with Crippen molar-refractivity contribution in [3.63, 3.8) is 0 Å². The SMILES string of the molecule is CC[C@@H](C(=O)NC(C)C)N(Cc1ccc(OC)cc1)C(=O)CN(c1ccc(Cl)c(Cl)c1)S(=O)(=O)c1ccccc1. The number of benzene rings is 3. The Morgan fingerprint density at radius 2 is 1.60 bits per heavy atom. The predicted molar refractivity (Wildman–Crippen MR) is 158 cm³/mol. The van der Waals surface area contributed by atoms with Crippen LogP contribution in [-0.4, -0.2) is 50.9 Å². The number of ether oxygens (including phenoxy) is 1. The molecule has 0 radical (unpaired) electrons. The van der Waals surface area contributed by atoms with Gasteiger partial charge in [-0.15, -0.1) is 0 Å². The Morgan fingerprint density at radius 1 is 0.950 bits per heavy atom. The Balaban J connectivity index is 2.07. The van der Waals surface area contributed by atoms with Gasteiger partial charge in [-0.25, -0.2) is 8.42 Å². The Hall–Kier alpha value is -3.27. The highest BCUT2D eigenvalue weighted by molar-refractivity contribution is 7.92. The topological polar surface area (TPSA) is 96.0 Å². The Bertz CT molecular complexity index is 1420. The van der Waals surface area contributed by atoms with Crippen LogP contribution in [0.25, 0.3) is 0 Å². The van der Waals surface area contributed by atoms with E-state index >= 15 is 0 Å². The van der Waals surface area contributed by atoms with Crippen LogP contribution in [0.5, 0.6) is 5.75 Å². The molecule has 40 heavy (non-hydrogen) atoms. The number of carbonyl (C=O) groups excluding carboxylic acids is 2. The molecule has 2 amide bonds. The molecule has 0 aliphatic rings. The van der Waals surface area contributed by atoms with Crippen LogP contribution in [0.15, 0.2) is 77.7 Å². The normalized spacial score (nSPS) is 12.1. The maximum atomic E-state index is 14.0. The van der Waals surface area contributed by atoms with Crippen molar-refractivity contribution in [2.75, 3.05) is 18.0 Å². The quantitative estimate of drug-likeness (QED) is 0.293. The van der Waals surface area contributed by atoms with E-state index in [1.54, 1.807) is 56.5 Å². The largest absolute Gasteiger partial charge is 0.497 e. The summed E-state index contributed by atoms with van der Waals surface area (Å²) in [7, 11) is -2.64. The fourth-order valence-corrected chi connectivity index (χ4v) is 5.84. The molecule has 0 unspecified atom stereocenters. The van der Waals surface area contributed by atoms with Gasteiger partial charge in [-0.2, -0.15) is 0 Å². The van der Waals surface area contributed by atoms with E-state index < -0.39 is 28.5 Å². The standard InChI is InChI=1S/C29H33Cl2N3O5S/c1-5-27(29(36)32-20(2)3)33(18-21-11-14-23(39-4)15-12-21)28(35)19-34(22-13-16-25(30)26(31)17-22)40(37,38)24-9-7-6-8-10-24/h6-17,20,27H,5,18-19H2,1-4H3,(H,32,36)/t27-/m0/s1. The zero-order valence-corrected chi connectivity index (χ0v) is 25.1. The molecule has 3 aromatic rings. The summed E-state index contributed by atoms with van der Waals surface area (Å²) in [4.78, 5) is 28.6. The van der Waals surface area contributed by atoms with Gasteiger partial charge in [-0.3, -0.25) is 13.9 Å². The minimum atomic E-state index is -4.20. The van der Waals surface area contributed by atoms with Crippen LogP contribution in [0.4, 0.5) is 5.69 Å². The van der Waals surface area contributed by atoms with Crippen LogP contribution in [-0.2, 0) is 26.2 Å². The number of amides is 2. The number of sulfonamides is 1. The van der Waals surface area contributed by atoms with Crippen molar-refractivity contribution in [3.8, 4) is 5.75 Å². The summed E-state index contributed by atoms with van der Waals surface area (Å²) in [5.41, 5.74) is 0.910. The first-order valence-corrected chi connectivity index (χ1v) is 14.9. The molecule has 3 aromatic carbocycles. The van der Waals surface area contributed by atoms with Gasteiger partial charge in [-0.05, 0) is 68.3 Å². The van der Waals surface area contributed by atoms with Crippen molar-refractivity contribution in [2.45, 2.75) is 50.7 Å². The van der Waals surface area contributed by atoms with Crippen LogP contribution in [0, 0.1) is 0 Å². The van der Waals surface area contributed by atoms with Crippen molar-refractivity contribution < 1.29 is 22.7 Å². The molecule has 0 aromatic heterocycles. The van der Waals surface area contributed by atoms with Gasteiger partial charge >= 0.3 is 0 Å². The summed E-state index contributed by atoms with van der Waals surface area (Å²) < 4.78 is 33.9. The number of anilines is 1. The highest BCUT2D eigenvalue weighted by Crippen LogP contribution is 2.31. The Morgan fingerprint density at radius 3 is 2.15 bits per heavy atom. The van der Waals surface area contributed by atoms with E-state index in [0.29, 0.717) is 12.2 Å². The first-order valence-electron chi connectivity index (χ1n) is 12.7. The molecule has 0 fully saturated rings. The average molecular weight is 607 g/mol. The Labute approximate surface area is 245 Å². The number of nitrogens with zero attached hydrogens (tertiary/aromatic N) is 2. The van der Waals surface area contributed by atoms with Crippen LogP contribution in [0.2, 0.25) is 10.0 Å². The highest BCUT2D eigenvalue weighted by Gasteiger charge is 2.34. The third kappa shape index (κ3) is 7.68. The summed E-state index contributed by atoms with van der Waals surface area (Å²) in [6, 6.07) is 18.3. The summed E-state index contributed by atoms with van der Waals surface area (Å²) in [5, 5.41) is 3.25. The van der Waals surface area contributed by atoms with E-state index in [-0.39, 0.29) is 39.1 Å². The molecule has 214 valence electrons. The van der Waals surface area contributed by atoms with Gasteiger partial charge in [0.15, 0.2) is 0 Å². The smallest absolute Gasteiger partial charge is 0.264 e.